The number of esters is 1. The number of hydrogen-bond acceptors (Lipinski definition) is 6. The van der Waals surface area contributed by atoms with Crippen LogP contribution in [0.25, 0.3) is 5.69 Å². The van der Waals surface area contributed by atoms with Crippen molar-refractivity contribution in [2.45, 2.75) is 39.2 Å². The van der Waals surface area contributed by atoms with Crippen molar-refractivity contribution in [3.63, 3.8) is 0 Å². The van der Waals surface area contributed by atoms with E-state index in [0.29, 0.717) is 12.0 Å². The smallest absolute Gasteiger partial charge is 0.338 e. The number of carbonyl (C=O) groups excluding carboxylic acids is 1. The molecular weight excluding hydrogens is 426 g/mol. The maximum Gasteiger partial charge on any atom is 0.338 e. The first-order valence-corrected chi connectivity index (χ1v) is 12.3. The molecule has 0 atom stereocenters. The lowest BCUT2D eigenvalue weighted by atomic mass is 9.77. The molecule has 34 heavy (non-hydrogen) atoms. The molecule has 0 radical (unpaired) electrons. The van der Waals surface area contributed by atoms with E-state index < -0.39 is 0 Å². The van der Waals surface area contributed by atoms with Crippen LogP contribution in [0.2, 0.25) is 0 Å². The number of rotatable bonds is 5. The van der Waals surface area contributed by atoms with Gasteiger partial charge >= 0.3 is 5.97 Å². The largest absolute Gasteiger partial charge is 0.457 e. The SMILES string of the molecule is Cc1c(CCN2CCC3(CC2)CCN(c2ccc(-n4ccnn4)cc2)C3)ccc2c1COC2=O. The first-order chi connectivity index (χ1) is 16.6. The Balaban J connectivity index is 1.03. The van der Waals surface area contributed by atoms with Crippen molar-refractivity contribution in [3.8, 4) is 5.69 Å². The molecule has 7 heteroatoms. The molecular formula is C27H31N5O2. The Kier molecular flexibility index (Phi) is 5.37. The lowest BCUT2D eigenvalue weighted by Crippen LogP contribution is -2.42. The van der Waals surface area contributed by atoms with E-state index in [1.807, 2.05) is 12.3 Å². The molecule has 1 aromatic heterocycles. The molecule has 0 saturated carbocycles. The molecule has 0 aliphatic carbocycles. The van der Waals surface area contributed by atoms with Gasteiger partial charge < -0.3 is 14.5 Å². The number of fused-ring (bicyclic) bond motifs is 1. The maximum atomic E-state index is 11.8. The van der Waals surface area contributed by atoms with Gasteiger partial charge in [0.15, 0.2) is 0 Å². The van der Waals surface area contributed by atoms with E-state index >= 15 is 0 Å². The van der Waals surface area contributed by atoms with Crippen molar-refractivity contribution in [3.05, 3.63) is 71.0 Å². The standard InChI is InChI=1S/C27H31N5O2/c1-20-21(2-7-24-25(20)18-34-26(24)33)8-13-30-14-9-27(10-15-30)11-16-31(19-27)22-3-5-23(6-4-22)32-17-12-28-29-32/h2-7,12,17H,8-11,13-16,18-19H2,1H3. The van der Waals surface area contributed by atoms with Gasteiger partial charge in [-0.15, -0.1) is 5.10 Å². The molecule has 3 aromatic rings. The summed E-state index contributed by atoms with van der Waals surface area (Å²) in [6.07, 6.45) is 8.43. The number of likely N-dealkylation sites (tertiary alicyclic amines) is 1. The second kappa shape index (κ2) is 8.55. The van der Waals surface area contributed by atoms with E-state index in [0.717, 1.165) is 42.9 Å². The summed E-state index contributed by atoms with van der Waals surface area (Å²) in [5, 5.41) is 7.97. The molecule has 3 aliphatic heterocycles. The first kappa shape index (κ1) is 21.4. The van der Waals surface area contributed by atoms with Gasteiger partial charge in [-0.3, -0.25) is 0 Å². The number of carbonyl (C=O) groups is 1. The molecule has 6 rings (SSSR count). The van der Waals surface area contributed by atoms with Gasteiger partial charge in [-0.1, -0.05) is 11.3 Å². The molecule has 0 amide bonds. The van der Waals surface area contributed by atoms with Gasteiger partial charge in [-0.05, 0) is 92.6 Å². The lowest BCUT2D eigenvalue weighted by molar-refractivity contribution is 0.0535. The van der Waals surface area contributed by atoms with Crippen LogP contribution >= 0.6 is 0 Å². The lowest BCUT2D eigenvalue weighted by Gasteiger charge is -2.39. The normalized spacial score (nSPS) is 19.6. The van der Waals surface area contributed by atoms with Gasteiger partial charge in [0.25, 0.3) is 0 Å². The summed E-state index contributed by atoms with van der Waals surface area (Å²) in [6, 6.07) is 12.7. The topological polar surface area (TPSA) is 63.5 Å². The van der Waals surface area contributed by atoms with Crippen LogP contribution in [0.1, 0.15) is 46.3 Å². The average Bonchev–Trinajstić information content (AvgIpc) is 3.62. The van der Waals surface area contributed by atoms with Crippen LogP contribution in [0, 0.1) is 12.3 Å². The van der Waals surface area contributed by atoms with Crippen molar-refractivity contribution in [1.29, 1.82) is 0 Å². The zero-order valence-corrected chi connectivity index (χ0v) is 19.7. The van der Waals surface area contributed by atoms with Crippen molar-refractivity contribution in [2.75, 3.05) is 37.6 Å². The molecule has 7 nitrogen and oxygen atoms in total. The Labute approximate surface area is 200 Å². The molecule has 2 saturated heterocycles. The predicted molar refractivity (Wildman–Crippen MR) is 130 cm³/mol. The highest BCUT2D eigenvalue weighted by Gasteiger charge is 2.40. The van der Waals surface area contributed by atoms with E-state index in [-0.39, 0.29) is 5.97 Å². The molecule has 0 N–H and O–H groups in total. The number of piperidine rings is 1. The number of hydrogen-bond donors (Lipinski definition) is 0. The highest BCUT2D eigenvalue weighted by Crippen LogP contribution is 2.42. The molecule has 0 unspecified atom stereocenters. The van der Waals surface area contributed by atoms with Crippen LogP contribution in [-0.4, -0.2) is 58.6 Å². The van der Waals surface area contributed by atoms with Crippen molar-refractivity contribution >= 4 is 11.7 Å². The third-order valence-corrected chi connectivity index (χ3v) is 8.23. The van der Waals surface area contributed by atoms with E-state index in [1.165, 1.54) is 49.2 Å². The Morgan fingerprint density at radius 2 is 1.76 bits per heavy atom. The summed E-state index contributed by atoms with van der Waals surface area (Å²) < 4.78 is 7.00. The monoisotopic (exact) mass is 457 g/mol. The summed E-state index contributed by atoms with van der Waals surface area (Å²) in [6.45, 7) is 8.28. The number of nitrogens with zero attached hydrogens (tertiary/aromatic N) is 5. The minimum atomic E-state index is -0.178. The van der Waals surface area contributed by atoms with Crippen LogP contribution < -0.4 is 4.90 Å². The van der Waals surface area contributed by atoms with Gasteiger partial charge in [0.2, 0.25) is 0 Å². The maximum absolute atomic E-state index is 11.8. The zero-order chi connectivity index (χ0) is 23.1. The van der Waals surface area contributed by atoms with Gasteiger partial charge in [0.05, 0.1) is 23.6 Å². The first-order valence-electron chi connectivity index (χ1n) is 12.3. The quantitative estimate of drug-likeness (QED) is 0.544. The van der Waals surface area contributed by atoms with E-state index in [2.05, 4.69) is 57.4 Å². The molecule has 4 heterocycles. The van der Waals surface area contributed by atoms with Crippen molar-refractivity contribution in [2.24, 2.45) is 5.41 Å². The fourth-order valence-electron chi connectivity index (χ4n) is 5.92. The Morgan fingerprint density at radius 3 is 2.53 bits per heavy atom. The fraction of sp³-hybridized carbons (Fsp3) is 0.444. The summed E-state index contributed by atoms with van der Waals surface area (Å²) in [7, 11) is 0. The summed E-state index contributed by atoms with van der Waals surface area (Å²) in [4.78, 5) is 17.0. The third-order valence-electron chi connectivity index (χ3n) is 8.23. The molecule has 1 spiro atoms. The van der Waals surface area contributed by atoms with E-state index in [4.69, 9.17) is 4.74 Å². The number of anilines is 1. The highest BCUT2D eigenvalue weighted by atomic mass is 16.5. The minimum Gasteiger partial charge on any atom is -0.457 e. The molecule has 3 aliphatic rings. The van der Waals surface area contributed by atoms with Crippen molar-refractivity contribution in [1.82, 2.24) is 19.9 Å². The number of aromatic nitrogens is 3. The number of ether oxygens (including phenoxy) is 1. The molecule has 176 valence electrons. The van der Waals surface area contributed by atoms with Gasteiger partial charge in [0, 0.05) is 30.9 Å². The van der Waals surface area contributed by atoms with Gasteiger partial charge in [0.1, 0.15) is 6.61 Å². The molecule has 2 fully saturated rings. The average molecular weight is 458 g/mol. The minimum absolute atomic E-state index is 0.178. The van der Waals surface area contributed by atoms with Crippen LogP contribution in [0.5, 0.6) is 0 Å². The third kappa shape index (κ3) is 3.88. The van der Waals surface area contributed by atoms with Crippen LogP contribution in [-0.2, 0) is 17.8 Å². The Morgan fingerprint density at radius 1 is 1.00 bits per heavy atom. The van der Waals surface area contributed by atoms with E-state index in [9.17, 15) is 4.79 Å². The Bertz CT molecular complexity index is 1180. The van der Waals surface area contributed by atoms with Crippen LogP contribution in [0.4, 0.5) is 5.69 Å². The molecule has 2 aromatic carbocycles. The van der Waals surface area contributed by atoms with Gasteiger partial charge in [-0.2, -0.15) is 0 Å². The number of cyclic esters (lactones) is 1. The zero-order valence-electron chi connectivity index (χ0n) is 19.7. The summed E-state index contributed by atoms with van der Waals surface area (Å²) in [5.74, 6) is -0.178. The summed E-state index contributed by atoms with van der Waals surface area (Å²) >= 11 is 0. The predicted octanol–water partition coefficient (Wildman–Crippen LogP) is 3.78. The highest BCUT2D eigenvalue weighted by molar-refractivity contribution is 5.93. The summed E-state index contributed by atoms with van der Waals surface area (Å²) in [5.41, 5.74) is 7.21. The second-order valence-electron chi connectivity index (χ2n) is 10.1. The molecule has 0 bridgehead atoms. The van der Waals surface area contributed by atoms with Crippen LogP contribution in [0.3, 0.4) is 0 Å². The van der Waals surface area contributed by atoms with Crippen molar-refractivity contribution < 1.29 is 9.53 Å². The fourth-order valence-corrected chi connectivity index (χ4v) is 5.92. The van der Waals surface area contributed by atoms with Crippen LogP contribution in [0.15, 0.2) is 48.8 Å². The second-order valence-corrected chi connectivity index (χ2v) is 10.1. The Hall–Kier alpha value is -3.19. The number of benzene rings is 2. The van der Waals surface area contributed by atoms with Gasteiger partial charge in [-0.25, -0.2) is 9.48 Å². The van der Waals surface area contributed by atoms with E-state index in [1.54, 1.807) is 10.9 Å².